The van der Waals surface area contributed by atoms with Crippen molar-refractivity contribution in [3.63, 3.8) is 0 Å². The molecule has 3 aromatic carbocycles. The fourth-order valence-electron chi connectivity index (χ4n) is 4.44. The lowest BCUT2D eigenvalue weighted by molar-refractivity contribution is -0.123. The van der Waals surface area contributed by atoms with E-state index < -0.39 is 17.7 Å². The van der Waals surface area contributed by atoms with Crippen LogP contribution in [0.25, 0.3) is 0 Å². The highest BCUT2D eigenvalue weighted by Gasteiger charge is 2.23. The van der Waals surface area contributed by atoms with Crippen LogP contribution in [0, 0.1) is 0 Å². The first-order valence-corrected chi connectivity index (χ1v) is 14.9. The molecule has 0 aliphatic rings. The zero-order chi connectivity index (χ0) is 30.9. The Morgan fingerprint density at radius 3 is 1.98 bits per heavy atom. The molecule has 0 aliphatic heterocycles. The second-order valence-electron chi connectivity index (χ2n) is 11.4. The van der Waals surface area contributed by atoms with E-state index in [4.69, 9.17) is 4.74 Å². The number of aryl methyl sites for hydroxylation is 1. The van der Waals surface area contributed by atoms with Gasteiger partial charge in [0.05, 0.1) is 6.04 Å². The van der Waals surface area contributed by atoms with E-state index in [0.29, 0.717) is 44.6 Å². The second kappa shape index (κ2) is 17.6. The molecule has 4 amide bonds. The van der Waals surface area contributed by atoms with Gasteiger partial charge in [0.15, 0.2) is 0 Å². The number of para-hydroxylation sites is 1. The number of hydrogen-bond acceptors (Lipinski definition) is 5. The molecule has 0 saturated heterocycles. The summed E-state index contributed by atoms with van der Waals surface area (Å²) in [7, 11) is 0. The fraction of sp³-hybridized carbons (Fsp3) is 0.382. The minimum Gasteiger partial charge on any atom is -0.444 e. The Kier molecular flexibility index (Phi) is 13.5. The molecule has 5 N–H and O–H groups in total. The van der Waals surface area contributed by atoms with E-state index in [0.717, 1.165) is 12.0 Å². The zero-order valence-electron chi connectivity index (χ0n) is 25.4. The largest absolute Gasteiger partial charge is 0.444 e. The molecule has 3 aromatic rings. The lowest BCUT2D eigenvalue weighted by Crippen LogP contribution is -2.52. The van der Waals surface area contributed by atoms with Gasteiger partial charge in [-0.05, 0) is 69.7 Å². The Balaban J connectivity index is 1.65. The molecule has 3 rings (SSSR count). The highest BCUT2D eigenvalue weighted by atomic mass is 16.6. The predicted octanol–water partition coefficient (Wildman–Crippen LogP) is 5.39. The van der Waals surface area contributed by atoms with Crippen molar-refractivity contribution in [3.05, 3.63) is 102 Å². The first-order valence-electron chi connectivity index (χ1n) is 14.9. The summed E-state index contributed by atoms with van der Waals surface area (Å²) in [6, 6.07) is 28.1. The molecule has 0 spiro atoms. The van der Waals surface area contributed by atoms with Gasteiger partial charge in [0.2, 0.25) is 5.91 Å². The molecule has 9 heteroatoms. The molecule has 0 saturated carbocycles. The van der Waals surface area contributed by atoms with Crippen LogP contribution in [0.2, 0.25) is 0 Å². The molecule has 9 nitrogen and oxygen atoms in total. The molecule has 0 aliphatic carbocycles. The Hall–Kier alpha value is -4.37. The topological polar surface area (TPSA) is 121 Å². The summed E-state index contributed by atoms with van der Waals surface area (Å²) in [6.07, 6.45) is 2.03. The van der Waals surface area contributed by atoms with E-state index >= 15 is 0 Å². The third-order valence-electron chi connectivity index (χ3n) is 6.57. The summed E-state index contributed by atoms with van der Waals surface area (Å²) in [5.74, 6) is -0.139. The molecule has 2 atom stereocenters. The number of rotatable bonds is 15. The van der Waals surface area contributed by atoms with Crippen molar-refractivity contribution >= 4 is 23.7 Å². The van der Waals surface area contributed by atoms with Gasteiger partial charge in [-0.2, -0.15) is 0 Å². The molecule has 0 unspecified atom stereocenters. The Labute approximate surface area is 255 Å². The van der Waals surface area contributed by atoms with Gasteiger partial charge in [-0.25, -0.2) is 9.59 Å². The number of benzene rings is 3. The van der Waals surface area contributed by atoms with Crippen LogP contribution in [0.4, 0.5) is 15.3 Å². The maximum atomic E-state index is 13.4. The number of ether oxygens (including phenoxy) is 1. The van der Waals surface area contributed by atoms with Crippen LogP contribution in [-0.4, -0.2) is 48.8 Å². The maximum Gasteiger partial charge on any atom is 0.407 e. The number of urea groups is 1. The van der Waals surface area contributed by atoms with Gasteiger partial charge in [-0.15, -0.1) is 0 Å². The standard InChI is InChI=1S/C34H45N5O4/c1-34(2,3)43-33(42)35-23-13-20-30(31(40)36-24-27-16-9-5-10-17-27)38-29(22-21-26-14-7-4-8-15-26)25-37-32(41)39-28-18-11-6-12-19-28/h4-12,14-19,29-30,38H,13,20-25H2,1-3H3,(H,35,42)(H,36,40)(H2,37,39,41)/t29-,30+/m1/s1. The highest BCUT2D eigenvalue weighted by molar-refractivity contribution is 5.89. The third kappa shape index (κ3) is 13.9. The van der Waals surface area contributed by atoms with E-state index in [1.54, 1.807) is 0 Å². The molecule has 0 aromatic heterocycles. The van der Waals surface area contributed by atoms with Gasteiger partial charge in [0.1, 0.15) is 5.60 Å². The number of anilines is 1. The summed E-state index contributed by atoms with van der Waals surface area (Å²) in [4.78, 5) is 38.2. The number of carbonyl (C=O) groups is 3. The van der Waals surface area contributed by atoms with E-state index in [1.165, 1.54) is 5.56 Å². The number of amides is 4. The molecule has 0 heterocycles. The molecular weight excluding hydrogens is 542 g/mol. The van der Waals surface area contributed by atoms with Gasteiger partial charge in [-0.3, -0.25) is 4.79 Å². The van der Waals surface area contributed by atoms with Crippen LogP contribution in [0.15, 0.2) is 91.0 Å². The lowest BCUT2D eigenvalue weighted by atomic mass is 10.0. The van der Waals surface area contributed by atoms with E-state index in [2.05, 4.69) is 38.7 Å². The molecule has 0 bridgehead atoms. The number of carbonyl (C=O) groups excluding carboxylic acids is 3. The Bertz CT molecular complexity index is 1250. The van der Waals surface area contributed by atoms with Crippen molar-refractivity contribution in [3.8, 4) is 0 Å². The smallest absolute Gasteiger partial charge is 0.407 e. The van der Waals surface area contributed by atoms with Crippen LogP contribution in [0.3, 0.4) is 0 Å². The van der Waals surface area contributed by atoms with Crippen LogP contribution in [0.5, 0.6) is 0 Å². The third-order valence-corrected chi connectivity index (χ3v) is 6.57. The molecule has 0 fully saturated rings. The number of alkyl carbamates (subject to hydrolysis) is 1. The monoisotopic (exact) mass is 587 g/mol. The van der Waals surface area contributed by atoms with Crippen LogP contribution >= 0.6 is 0 Å². The summed E-state index contributed by atoms with van der Waals surface area (Å²) in [6.45, 7) is 6.53. The molecule has 0 radical (unpaired) electrons. The van der Waals surface area contributed by atoms with E-state index in [9.17, 15) is 14.4 Å². The highest BCUT2D eigenvalue weighted by Crippen LogP contribution is 2.10. The first-order chi connectivity index (χ1) is 20.7. The van der Waals surface area contributed by atoms with Crippen molar-refractivity contribution < 1.29 is 19.1 Å². The predicted molar refractivity (Wildman–Crippen MR) is 171 cm³/mol. The van der Waals surface area contributed by atoms with Crippen molar-refractivity contribution in [1.29, 1.82) is 0 Å². The summed E-state index contributed by atoms with van der Waals surface area (Å²) >= 11 is 0. The van der Waals surface area contributed by atoms with Gasteiger partial charge in [0, 0.05) is 31.4 Å². The average Bonchev–Trinajstić information content (AvgIpc) is 2.99. The van der Waals surface area contributed by atoms with Gasteiger partial charge in [-0.1, -0.05) is 78.9 Å². The second-order valence-corrected chi connectivity index (χ2v) is 11.4. The van der Waals surface area contributed by atoms with Gasteiger partial charge >= 0.3 is 12.1 Å². The summed E-state index contributed by atoms with van der Waals surface area (Å²) in [5.41, 5.74) is 2.29. The zero-order valence-corrected chi connectivity index (χ0v) is 25.4. The van der Waals surface area contributed by atoms with Crippen molar-refractivity contribution in [2.24, 2.45) is 0 Å². The van der Waals surface area contributed by atoms with Gasteiger partial charge in [0.25, 0.3) is 0 Å². The Morgan fingerprint density at radius 1 is 0.744 bits per heavy atom. The lowest BCUT2D eigenvalue weighted by Gasteiger charge is -2.26. The summed E-state index contributed by atoms with van der Waals surface area (Å²) in [5, 5.41) is 15.1. The molecule has 43 heavy (non-hydrogen) atoms. The van der Waals surface area contributed by atoms with E-state index in [1.807, 2.05) is 99.6 Å². The average molecular weight is 588 g/mol. The molecule has 230 valence electrons. The van der Waals surface area contributed by atoms with Crippen molar-refractivity contribution in [1.82, 2.24) is 21.3 Å². The number of nitrogens with one attached hydrogen (secondary N) is 5. The number of hydrogen-bond donors (Lipinski definition) is 5. The van der Waals surface area contributed by atoms with Crippen molar-refractivity contribution in [2.45, 2.75) is 70.7 Å². The quantitative estimate of drug-likeness (QED) is 0.153. The SMILES string of the molecule is CC(C)(C)OC(=O)NCCC[C@H](N[C@H](CCc1ccccc1)CNC(=O)Nc1ccccc1)C(=O)NCc1ccccc1. The minimum absolute atomic E-state index is 0.139. The normalized spacial score (nSPS) is 12.4. The molecular formula is C34H45N5O4. The van der Waals surface area contributed by atoms with Crippen molar-refractivity contribution in [2.75, 3.05) is 18.4 Å². The first kappa shape index (κ1) is 33.1. The van der Waals surface area contributed by atoms with Crippen LogP contribution in [0.1, 0.15) is 51.2 Å². The van der Waals surface area contributed by atoms with Gasteiger partial charge < -0.3 is 31.3 Å². The Morgan fingerprint density at radius 2 is 1.35 bits per heavy atom. The fourth-order valence-corrected chi connectivity index (χ4v) is 4.44. The summed E-state index contributed by atoms with van der Waals surface area (Å²) < 4.78 is 5.32. The van der Waals surface area contributed by atoms with E-state index in [-0.39, 0.29) is 18.0 Å². The minimum atomic E-state index is -0.586. The van der Waals surface area contributed by atoms with Crippen LogP contribution < -0.4 is 26.6 Å². The van der Waals surface area contributed by atoms with Crippen LogP contribution in [-0.2, 0) is 22.5 Å². The maximum absolute atomic E-state index is 13.4.